The molecule has 1 aliphatic rings. The number of hydrogen-bond donors (Lipinski definition) is 0. The third-order valence-corrected chi connectivity index (χ3v) is 4.35. The highest BCUT2D eigenvalue weighted by Gasteiger charge is 2.36. The fraction of sp³-hybridized carbons (Fsp3) is 0.235. The summed E-state index contributed by atoms with van der Waals surface area (Å²) in [5.74, 6) is 0.676. The maximum absolute atomic E-state index is 12.7. The van der Waals surface area contributed by atoms with Gasteiger partial charge in [-0.05, 0) is 30.7 Å². The van der Waals surface area contributed by atoms with Crippen LogP contribution in [0.1, 0.15) is 12.0 Å². The van der Waals surface area contributed by atoms with Crippen molar-refractivity contribution < 1.29 is 4.79 Å². The molecule has 1 fully saturated rings. The molecule has 23 heavy (non-hydrogen) atoms. The Bertz CT molecular complexity index is 769. The standard InChI is InChI=1S/C17H15ClN4O/c1-21(16-7-6-12(10-19)11-20-16)15-8-9-22(17(15)23)14-5-3-2-4-13(14)18/h2-7,11,15H,8-9H2,1H3. The minimum absolute atomic E-state index is 0.00626. The van der Waals surface area contributed by atoms with Gasteiger partial charge in [0.2, 0.25) is 5.91 Å². The summed E-state index contributed by atoms with van der Waals surface area (Å²) >= 11 is 6.20. The Kier molecular flexibility index (Phi) is 4.18. The normalized spacial score (nSPS) is 17.2. The second-order valence-corrected chi connectivity index (χ2v) is 5.78. The van der Waals surface area contributed by atoms with Crippen LogP contribution in [0.4, 0.5) is 11.5 Å². The Balaban J connectivity index is 1.81. The maximum Gasteiger partial charge on any atom is 0.249 e. The van der Waals surface area contributed by atoms with Crippen molar-refractivity contribution in [3.8, 4) is 6.07 Å². The highest BCUT2D eigenvalue weighted by molar-refractivity contribution is 6.34. The van der Waals surface area contributed by atoms with Gasteiger partial charge in [-0.1, -0.05) is 23.7 Å². The van der Waals surface area contributed by atoms with E-state index in [0.717, 1.165) is 5.69 Å². The van der Waals surface area contributed by atoms with Crippen molar-refractivity contribution >= 4 is 29.0 Å². The second kappa shape index (κ2) is 6.27. The van der Waals surface area contributed by atoms with Crippen LogP contribution in [0.2, 0.25) is 5.02 Å². The van der Waals surface area contributed by atoms with Crippen LogP contribution in [0, 0.1) is 11.3 Å². The van der Waals surface area contributed by atoms with Crippen LogP contribution in [-0.2, 0) is 4.79 Å². The average Bonchev–Trinajstić information content (AvgIpc) is 2.96. The van der Waals surface area contributed by atoms with Crippen LogP contribution in [0.15, 0.2) is 42.6 Å². The third kappa shape index (κ3) is 2.86. The van der Waals surface area contributed by atoms with E-state index in [4.69, 9.17) is 16.9 Å². The molecule has 0 aliphatic carbocycles. The van der Waals surface area contributed by atoms with Crippen molar-refractivity contribution in [2.45, 2.75) is 12.5 Å². The predicted molar refractivity (Wildman–Crippen MR) is 89.6 cm³/mol. The Morgan fingerprint density at radius 1 is 1.35 bits per heavy atom. The molecule has 0 spiro atoms. The number of nitriles is 1. The van der Waals surface area contributed by atoms with E-state index in [0.29, 0.717) is 29.4 Å². The number of pyridine rings is 1. The quantitative estimate of drug-likeness (QED) is 0.870. The van der Waals surface area contributed by atoms with E-state index in [1.165, 1.54) is 6.20 Å². The molecule has 1 saturated heterocycles. The Morgan fingerprint density at radius 2 is 2.13 bits per heavy atom. The van der Waals surface area contributed by atoms with Crippen molar-refractivity contribution in [3.63, 3.8) is 0 Å². The number of anilines is 2. The van der Waals surface area contributed by atoms with E-state index >= 15 is 0 Å². The van der Waals surface area contributed by atoms with Gasteiger partial charge in [-0.15, -0.1) is 0 Å². The summed E-state index contributed by atoms with van der Waals surface area (Å²) in [6.07, 6.45) is 2.21. The monoisotopic (exact) mass is 326 g/mol. The van der Waals surface area contributed by atoms with Crippen LogP contribution < -0.4 is 9.80 Å². The predicted octanol–water partition coefficient (Wildman–Crippen LogP) is 2.85. The fourth-order valence-electron chi connectivity index (χ4n) is 2.75. The van der Waals surface area contributed by atoms with E-state index in [1.807, 2.05) is 36.2 Å². The van der Waals surface area contributed by atoms with Crippen LogP contribution in [0.25, 0.3) is 0 Å². The second-order valence-electron chi connectivity index (χ2n) is 5.37. The molecule has 0 bridgehead atoms. The first kappa shape index (κ1) is 15.3. The molecule has 3 rings (SSSR count). The molecule has 5 nitrogen and oxygen atoms in total. The molecular weight excluding hydrogens is 312 g/mol. The van der Waals surface area contributed by atoms with Gasteiger partial charge in [0.1, 0.15) is 17.9 Å². The highest BCUT2D eigenvalue weighted by atomic mass is 35.5. The summed E-state index contributed by atoms with van der Waals surface area (Å²) in [5, 5.41) is 9.40. The van der Waals surface area contributed by atoms with Crippen molar-refractivity contribution in [3.05, 3.63) is 53.2 Å². The van der Waals surface area contributed by atoms with Crippen LogP contribution in [0.5, 0.6) is 0 Å². The molecule has 0 radical (unpaired) electrons. The van der Waals surface area contributed by atoms with Crippen LogP contribution in [-0.4, -0.2) is 30.5 Å². The third-order valence-electron chi connectivity index (χ3n) is 4.03. The number of nitrogens with zero attached hydrogens (tertiary/aromatic N) is 4. The van der Waals surface area contributed by atoms with Gasteiger partial charge in [0.25, 0.3) is 0 Å². The zero-order valence-electron chi connectivity index (χ0n) is 12.6. The first-order chi connectivity index (χ1) is 11.1. The van der Waals surface area contributed by atoms with Crippen molar-refractivity contribution in [1.29, 1.82) is 5.26 Å². The van der Waals surface area contributed by atoms with E-state index in [2.05, 4.69) is 4.98 Å². The smallest absolute Gasteiger partial charge is 0.249 e. The number of likely N-dealkylation sites (N-methyl/N-ethyl adjacent to an activating group) is 1. The Labute approximate surface area is 139 Å². The summed E-state index contributed by atoms with van der Waals surface area (Å²) in [6, 6.07) is 12.5. The molecule has 1 aliphatic heterocycles. The lowest BCUT2D eigenvalue weighted by Crippen LogP contribution is -2.40. The molecule has 1 amide bonds. The average molecular weight is 327 g/mol. The van der Waals surface area contributed by atoms with Gasteiger partial charge in [0.05, 0.1) is 16.3 Å². The summed E-state index contributed by atoms with van der Waals surface area (Å²) in [4.78, 5) is 20.6. The highest BCUT2D eigenvalue weighted by Crippen LogP contribution is 2.31. The number of amides is 1. The van der Waals surface area contributed by atoms with E-state index in [1.54, 1.807) is 23.1 Å². The van der Waals surface area contributed by atoms with Crippen LogP contribution >= 0.6 is 11.6 Å². The number of carbonyl (C=O) groups excluding carboxylic acids is 1. The van der Waals surface area contributed by atoms with E-state index < -0.39 is 0 Å². The van der Waals surface area contributed by atoms with Crippen molar-refractivity contribution in [2.24, 2.45) is 0 Å². The number of rotatable bonds is 3. The molecule has 1 aromatic carbocycles. The Morgan fingerprint density at radius 3 is 2.78 bits per heavy atom. The maximum atomic E-state index is 12.7. The van der Waals surface area contributed by atoms with Gasteiger partial charge in [0.15, 0.2) is 0 Å². The fourth-order valence-corrected chi connectivity index (χ4v) is 2.99. The zero-order chi connectivity index (χ0) is 16.4. The minimum atomic E-state index is -0.285. The number of carbonyl (C=O) groups is 1. The number of halogens is 1. The first-order valence-electron chi connectivity index (χ1n) is 7.26. The largest absolute Gasteiger partial charge is 0.348 e. The molecule has 6 heteroatoms. The summed E-state index contributed by atoms with van der Waals surface area (Å²) in [6.45, 7) is 0.619. The number of benzene rings is 1. The first-order valence-corrected chi connectivity index (χ1v) is 7.64. The number of aromatic nitrogens is 1. The number of hydrogen-bond acceptors (Lipinski definition) is 4. The lowest BCUT2D eigenvalue weighted by atomic mass is 10.2. The topological polar surface area (TPSA) is 60.2 Å². The Hall–Kier alpha value is -2.58. The zero-order valence-corrected chi connectivity index (χ0v) is 13.4. The SMILES string of the molecule is CN(c1ccc(C#N)cn1)C1CCN(c2ccccc2Cl)C1=O. The van der Waals surface area contributed by atoms with Gasteiger partial charge in [-0.25, -0.2) is 4.98 Å². The van der Waals surface area contributed by atoms with E-state index in [-0.39, 0.29) is 11.9 Å². The molecule has 0 saturated carbocycles. The summed E-state index contributed by atoms with van der Waals surface area (Å²) in [7, 11) is 1.84. The summed E-state index contributed by atoms with van der Waals surface area (Å²) in [5.41, 5.74) is 1.24. The van der Waals surface area contributed by atoms with Gasteiger partial charge < -0.3 is 9.80 Å². The van der Waals surface area contributed by atoms with Crippen molar-refractivity contribution in [1.82, 2.24) is 4.98 Å². The van der Waals surface area contributed by atoms with Gasteiger partial charge >= 0.3 is 0 Å². The molecule has 2 aromatic rings. The molecule has 2 heterocycles. The van der Waals surface area contributed by atoms with Gasteiger partial charge in [0, 0.05) is 19.8 Å². The lowest BCUT2D eigenvalue weighted by molar-refractivity contribution is -0.118. The lowest BCUT2D eigenvalue weighted by Gasteiger charge is -2.25. The van der Waals surface area contributed by atoms with Crippen LogP contribution in [0.3, 0.4) is 0 Å². The van der Waals surface area contributed by atoms with Gasteiger partial charge in [-0.3, -0.25) is 4.79 Å². The van der Waals surface area contributed by atoms with Gasteiger partial charge in [-0.2, -0.15) is 5.26 Å². The molecule has 1 aromatic heterocycles. The molecule has 0 N–H and O–H groups in total. The molecular formula is C17H15ClN4O. The number of para-hydroxylation sites is 1. The minimum Gasteiger partial charge on any atom is -0.348 e. The van der Waals surface area contributed by atoms with Crippen molar-refractivity contribution in [2.75, 3.05) is 23.4 Å². The van der Waals surface area contributed by atoms with E-state index in [9.17, 15) is 4.79 Å². The molecule has 1 atom stereocenters. The molecule has 1 unspecified atom stereocenters. The summed E-state index contributed by atoms with van der Waals surface area (Å²) < 4.78 is 0. The molecule has 116 valence electrons.